The van der Waals surface area contributed by atoms with Crippen LogP contribution in [0.2, 0.25) is 0 Å². The van der Waals surface area contributed by atoms with Gasteiger partial charge in [-0.25, -0.2) is 0 Å². The minimum absolute atomic E-state index is 0.112. The summed E-state index contributed by atoms with van der Waals surface area (Å²) in [5.41, 5.74) is 1.02. The number of ether oxygens (including phenoxy) is 1. The van der Waals surface area contributed by atoms with Gasteiger partial charge in [-0.15, -0.1) is 0 Å². The maximum Gasteiger partial charge on any atom is 0.246 e. The molecule has 0 saturated carbocycles. The van der Waals surface area contributed by atoms with Crippen LogP contribution in [-0.2, 0) is 4.79 Å². The van der Waals surface area contributed by atoms with E-state index < -0.39 is 0 Å². The molecule has 96 valence electrons. The minimum atomic E-state index is 0.112. The molecule has 0 N–H and O–H groups in total. The van der Waals surface area contributed by atoms with Gasteiger partial charge in [-0.2, -0.15) is 0 Å². The van der Waals surface area contributed by atoms with Gasteiger partial charge in [0.15, 0.2) is 0 Å². The number of hydrogen-bond donors (Lipinski definition) is 0. The number of rotatable bonds is 4. The van der Waals surface area contributed by atoms with Crippen LogP contribution in [0.4, 0.5) is 0 Å². The molecule has 3 nitrogen and oxygen atoms in total. The number of carbonyl (C=O) groups excluding carboxylic acids is 1. The summed E-state index contributed by atoms with van der Waals surface area (Å²) in [5.74, 6) is 0.974. The van der Waals surface area contributed by atoms with Crippen molar-refractivity contribution in [3.05, 3.63) is 35.9 Å². The fourth-order valence-electron chi connectivity index (χ4n) is 2.05. The molecule has 1 aromatic carbocycles. The lowest BCUT2D eigenvalue weighted by molar-refractivity contribution is -0.124. The zero-order valence-corrected chi connectivity index (χ0v) is 10.8. The van der Waals surface area contributed by atoms with E-state index in [9.17, 15) is 4.79 Å². The Bertz CT molecular complexity index is 417. The minimum Gasteiger partial charge on any atom is -0.494 e. The molecule has 1 aliphatic heterocycles. The summed E-state index contributed by atoms with van der Waals surface area (Å²) in [6.45, 7) is 4.42. The third kappa shape index (κ3) is 3.36. The molecule has 2 rings (SSSR count). The molecule has 0 radical (unpaired) electrons. The Morgan fingerprint density at radius 3 is 2.56 bits per heavy atom. The van der Waals surface area contributed by atoms with E-state index >= 15 is 0 Å². The summed E-state index contributed by atoms with van der Waals surface area (Å²) >= 11 is 0. The van der Waals surface area contributed by atoms with Crippen molar-refractivity contribution in [2.75, 3.05) is 19.7 Å². The Morgan fingerprint density at radius 1 is 1.28 bits per heavy atom. The van der Waals surface area contributed by atoms with Crippen molar-refractivity contribution in [2.45, 2.75) is 19.8 Å². The van der Waals surface area contributed by atoms with Gasteiger partial charge in [-0.05, 0) is 43.5 Å². The first-order valence-corrected chi connectivity index (χ1v) is 6.49. The van der Waals surface area contributed by atoms with E-state index in [2.05, 4.69) is 0 Å². The third-order valence-corrected chi connectivity index (χ3v) is 3.03. The molecule has 1 aliphatic rings. The highest BCUT2D eigenvalue weighted by atomic mass is 16.5. The number of amides is 1. The molecule has 1 saturated heterocycles. The fourth-order valence-corrected chi connectivity index (χ4v) is 2.05. The van der Waals surface area contributed by atoms with E-state index in [4.69, 9.17) is 4.74 Å². The molecule has 0 aromatic heterocycles. The normalized spacial score (nSPS) is 15.3. The van der Waals surface area contributed by atoms with Crippen LogP contribution in [0.3, 0.4) is 0 Å². The van der Waals surface area contributed by atoms with Crippen LogP contribution in [0.15, 0.2) is 30.3 Å². The van der Waals surface area contributed by atoms with E-state index in [0.717, 1.165) is 37.2 Å². The van der Waals surface area contributed by atoms with Crippen molar-refractivity contribution in [3.63, 3.8) is 0 Å². The van der Waals surface area contributed by atoms with Gasteiger partial charge in [0.05, 0.1) is 6.61 Å². The lowest BCUT2D eigenvalue weighted by Gasteiger charge is -2.11. The molecule has 1 heterocycles. The topological polar surface area (TPSA) is 29.5 Å². The third-order valence-electron chi connectivity index (χ3n) is 3.03. The van der Waals surface area contributed by atoms with Crippen LogP contribution in [0.25, 0.3) is 6.08 Å². The smallest absolute Gasteiger partial charge is 0.246 e. The van der Waals surface area contributed by atoms with Gasteiger partial charge in [-0.3, -0.25) is 4.79 Å². The standard InChI is InChI=1S/C15H19NO2/c1-2-18-14-8-5-13(6-9-14)7-10-15(17)16-11-3-4-12-16/h5-10H,2-4,11-12H2,1H3/b10-7-. The number of nitrogens with zero attached hydrogens (tertiary/aromatic N) is 1. The highest BCUT2D eigenvalue weighted by Crippen LogP contribution is 2.14. The summed E-state index contributed by atoms with van der Waals surface area (Å²) in [6, 6.07) is 7.75. The average Bonchev–Trinajstić information content (AvgIpc) is 2.92. The van der Waals surface area contributed by atoms with Crippen LogP contribution in [0.5, 0.6) is 5.75 Å². The molecule has 0 atom stereocenters. The van der Waals surface area contributed by atoms with E-state index in [0.29, 0.717) is 6.61 Å². The van der Waals surface area contributed by atoms with Gasteiger partial charge in [0.1, 0.15) is 5.75 Å². The molecule has 3 heteroatoms. The SMILES string of the molecule is CCOc1ccc(/C=C\C(=O)N2CCCC2)cc1. The predicted molar refractivity (Wildman–Crippen MR) is 72.5 cm³/mol. The molecule has 0 aliphatic carbocycles. The van der Waals surface area contributed by atoms with Crippen LogP contribution in [0, 0.1) is 0 Å². The van der Waals surface area contributed by atoms with Crippen molar-refractivity contribution >= 4 is 12.0 Å². The van der Waals surface area contributed by atoms with Crippen LogP contribution in [-0.4, -0.2) is 30.5 Å². The first-order valence-electron chi connectivity index (χ1n) is 6.49. The molecule has 0 spiro atoms. The molecule has 0 bridgehead atoms. The highest BCUT2D eigenvalue weighted by Gasteiger charge is 2.14. The van der Waals surface area contributed by atoms with Crippen molar-refractivity contribution in [1.29, 1.82) is 0 Å². The summed E-state index contributed by atoms with van der Waals surface area (Å²) in [6.07, 6.45) is 5.77. The number of likely N-dealkylation sites (tertiary alicyclic amines) is 1. The Balaban J connectivity index is 1.93. The largest absolute Gasteiger partial charge is 0.494 e. The van der Waals surface area contributed by atoms with E-state index in [1.54, 1.807) is 6.08 Å². The number of hydrogen-bond acceptors (Lipinski definition) is 2. The zero-order valence-electron chi connectivity index (χ0n) is 10.8. The summed E-state index contributed by atoms with van der Waals surface area (Å²) < 4.78 is 5.37. The van der Waals surface area contributed by atoms with Crippen molar-refractivity contribution < 1.29 is 9.53 Å². The maximum absolute atomic E-state index is 11.8. The van der Waals surface area contributed by atoms with Crippen LogP contribution < -0.4 is 4.74 Å². The lowest BCUT2D eigenvalue weighted by Crippen LogP contribution is -2.25. The van der Waals surface area contributed by atoms with Gasteiger partial charge in [0.2, 0.25) is 5.91 Å². The summed E-state index contributed by atoms with van der Waals surface area (Å²) in [4.78, 5) is 13.7. The molecule has 1 fully saturated rings. The van der Waals surface area contributed by atoms with Crippen molar-refractivity contribution in [3.8, 4) is 5.75 Å². The van der Waals surface area contributed by atoms with E-state index in [1.165, 1.54) is 0 Å². The predicted octanol–water partition coefficient (Wildman–Crippen LogP) is 2.72. The number of carbonyl (C=O) groups is 1. The average molecular weight is 245 g/mol. The summed E-state index contributed by atoms with van der Waals surface area (Å²) in [7, 11) is 0. The Labute approximate surface area is 108 Å². The van der Waals surface area contributed by atoms with Gasteiger partial charge in [0.25, 0.3) is 0 Å². The van der Waals surface area contributed by atoms with E-state index in [-0.39, 0.29) is 5.91 Å². The molecule has 18 heavy (non-hydrogen) atoms. The summed E-state index contributed by atoms with van der Waals surface area (Å²) in [5, 5.41) is 0. The van der Waals surface area contributed by atoms with Gasteiger partial charge >= 0.3 is 0 Å². The van der Waals surface area contributed by atoms with Gasteiger partial charge < -0.3 is 9.64 Å². The van der Waals surface area contributed by atoms with Crippen LogP contribution >= 0.6 is 0 Å². The van der Waals surface area contributed by atoms with Gasteiger partial charge in [-0.1, -0.05) is 12.1 Å². The second-order valence-corrected chi connectivity index (χ2v) is 4.37. The first kappa shape index (κ1) is 12.7. The Morgan fingerprint density at radius 2 is 1.94 bits per heavy atom. The first-order chi connectivity index (χ1) is 8.79. The highest BCUT2D eigenvalue weighted by molar-refractivity contribution is 5.91. The monoisotopic (exact) mass is 245 g/mol. The molecular weight excluding hydrogens is 226 g/mol. The number of benzene rings is 1. The quantitative estimate of drug-likeness (QED) is 0.763. The molecular formula is C15H19NO2. The second-order valence-electron chi connectivity index (χ2n) is 4.37. The zero-order chi connectivity index (χ0) is 12.8. The van der Waals surface area contributed by atoms with Gasteiger partial charge in [0, 0.05) is 19.2 Å². The van der Waals surface area contributed by atoms with Crippen molar-refractivity contribution in [2.24, 2.45) is 0 Å². The fraction of sp³-hybridized carbons (Fsp3) is 0.400. The Hall–Kier alpha value is -1.77. The van der Waals surface area contributed by atoms with E-state index in [1.807, 2.05) is 42.2 Å². The van der Waals surface area contributed by atoms with Crippen LogP contribution in [0.1, 0.15) is 25.3 Å². The molecule has 0 unspecified atom stereocenters. The van der Waals surface area contributed by atoms with Crippen molar-refractivity contribution in [1.82, 2.24) is 4.90 Å². The Kier molecular flexibility index (Phi) is 4.40. The second kappa shape index (κ2) is 6.24. The maximum atomic E-state index is 11.8. The molecule has 1 aromatic rings. The lowest BCUT2D eigenvalue weighted by atomic mass is 10.2. The molecule has 1 amide bonds.